The number of carbonyl (C=O) groups excluding carboxylic acids is 1. The van der Waals surface area contributed by atoms with E-state index in [9.17, 15) is 22.2 Å². The lowest BCUT2D eigenvalue weighted by molar-refractivity contribution is -0.106. The Morgan fingerprint density at radius 2 is 1.65 bits per heavy atom. The molecule has 1 amide bonds. The third kappa shape index (κ3) is 4.31. The summed E-state index contributed by atoms with van der Waals surface area (Å²) in [5.74, 6) is -0.796. The topological polar surface area (TPSA) is 46.6 Å². The van der Waals surface area contributed by atoms with Crippen LogP contribution in [0.25, 0.3) is 0 Å². The van der Waals surface area contributed by atoms with Crippen molar-refractivity contribution in [2.45, 2.75) is 31.8 Å². The fourth-order valence-electron chi connectivity index (χ4n) is 1.26. The van der Waals surface area contributed by atoms with E-state index in [2.05, 4.69) is 4.28 Å². The first-order valence-electron chi connectivity index (χ1n) is 5.60. The normalized spacial score (nSPS) is 13.9. The fourth-order valence-corrected chi connectivity index (χ4v) is 1.77. The number of hydroxylamine groups is 2. The summed E-state index contributed by atoms with van der Waals surface area (Å²) in [5, 5.41) is 0.478. The van der Waals surface area contributed by atoms with Crippen LogP contribution >= 0.6 is 0 Å². The maximum atomic E-state index is 12.3. The van der Waals surface area contributed by atoms with Crippen LogP contribution in [0.3, 0.4) is 0 Å². The molecule has 0 aromatic heterocycles. The maximum absolute atomic E-state index is 12.3. The molecule has 0 fully saturated rings. The van der Waals surface area contributed by atoms with Crippen LogP contribution in [0.4, 0.5) is 13.2 Å². The number of nitrogens with zero attached hydrogens (tertiary/aromatic N) is 1. The smallest absolute Gasteiger partial charge is 0.267 e. The number of hydrogen-bond donors (Lipinski definition) is 0. The summed E-state index contributed by atoms with van der Waals surface area (Å²) in [6, 6.07) is 7.65. The van der Waals surface area contributed by atoms with Crippen molar-refractivity contribution in [2.24, 2.45) is 0 Å². The van der Waals surface area contributed by atoms with Crippen molar-refractivity contribution in [2.75, 3.05) is 0 Å². The number of alkyl halides is 3. The van der Waals surface area contributed by atoms with Gasteiger partial charge in [0.2, 0.25) is 0 Å². The second-order valence-corrected chi connectivity index (χ2v) is 5.97. The molecule has 8 heteroatoms. The van der Waals surface area contributed by atoms with Crippen molar-refractivity contribution in [3.8, 4) is 0 Å². The van der Waals surface area contributed by atoms with Crippen LogP contribution in [-0.2, 0) is 15.4 Å². The zero-order chi connectivity index (χ0) is 15.6. The summed E-state index contributed by atoms with van der Waals surface area (Å²) in [6.07, 6.45) is 0. The largest absolute Gasteiger partial charge is 0.499 e. The predicted octanol–water partition coefficient (Wildman–Crippen LogP) is 3.04. The van der Waals surface area contributed by atoms with Crippen molar-refractivity contribution in [1.82, 2.24) is 5.06 Å². The molecule has 1 rings (SSSR count). The van der Waals surface area contributed by atoms with Gasteiger partial charge in [0.05, 0.1) is 5.54 Å². The minimum atomic E-state index is -5.06. The molecule has 0 heterocycles. The van der Waals surface area contributed by atoms with E-state index in [4.69, 9.17) is 0 Å². The summed E-state index contributed by atoms with van der Waals surface area (Å²) in [5.41, 5.74) is -6.00. The van der Waals surface area contributed by atoms with Gasteiger partial charge in [-0.1, -0.05) is 18.2 Å². The average molecular weight is 309 g/mol. The molecule has 4 nitrogen and oxygen atoms in total. The lowest BCUT2D eigenvalue weighted by atomic mass is 10.1. The molecule has 0 saturated heterocycles. The van der Waals surface area contributed by atoms with Crippen LogP contribution in [0.15, 0.2) is 30.3 Å². The highest BCUT2D eigenvalue weighted by Crippen LogP contribution is 2.26. The molecule has 0 saturated carbocycles. The zero-order valence-corrected chi connectivity index (χ0v) is 11.9. The van der Waals surface area contributed by atoms with E-state index in [-0.39, 0.29) is 5.56 Å². The number of amides is 1. The minimum Gasteiger partial charge on any atom is -0.267 e. The molecule has 0 aliphatic heterocycles. The monoisotopic (exact) mass is 309 g/mol. The molecule has 0 aliphatic rings. The van der Waals surface area contributed by atoms with E-state index in [0.29, 0.717) is 5.06 Å². The Morgan fingerprint density at radius 1 is 1.15 bits per heavy atom. The molecule has 0 spiro atoms. The van der Waals surface area contributed by atoms with Crippen LogP contribution in [0.5, 0.6) is 0 Å². The molecular weight excluding hydrogens is 295 g/mol. The van der Waals surface area contributed by atoms with Crippen molar-refractivity contribution >= 4 is 17.0 Å². The van der Waals surface area contributed by atoms with E-state index in [0.717, 1.165) is 0 Å². The average Bonchev–Trinajstić information content (AvgIpc) is 2.33. The van der Waals surface area contributed by atoms with Gasteiger partial charge in [0, 0.05) is 5.56 Å². The predicted molar refractivity (Wildman–Crippen MR) is 67.6 cm³/mol. The van der Waals surface area contributed by atoms with Crippen LogP contribution < -0.4 is 0 Å². The summed E-state index contributed by atoms with van der Waals surface area (Å²) in [7, 11) is 0. The van der Waals surface area contributed by atoms with E-state index in [1.165, 1.54) is 32.9 Å². The Bertz CT molecular complexity index is 497. The first-order chi connectivity index (χ1) is 9.03. The molecule has 0 aliphatic carbocycles. The molecule has 1 atom stereocenters. The van der Waals surface area contributed by atoms with Crippen molar-refractivity contribution < 1.29 is 26.5 Å². The van der Waals surface area contributed by atoms with Crippen molar-refractivity contribution in [1.29, 1.82) is 0 Å². The minimum absolute atomic E-state index is 0.140. The lowest BCUT2D eigenvalue weighted by Gasteiger charge is -2.33. The maximum Gasteiger partial charge on any atom is 0.499 e. The van der Waals surface area contributed by atoms with Gasteiger partial charge in [-0.25, -0.2) is 4.21 Å². The Kier molecular flexibility index (Phi) is 4.93. The third-order valence-corrected chi connectivity index (χ3v) is 2.81. The molecule has 20 heavy (non-hydrogen) atoms. The highest BCUT2D eigenvalue weighted by atomic mass is 32.2. The summed E-state index contributed by atoms with van der Waals surface area (Å²) in [6.45, 7) is 4.42. The Balaban J connectivity index is 3.03. The van der Waals surface area contributed by atoms with Crippen LogP contribution in [0, 0.1) is 0 Å². The van der Waals surface area contributed by atoms with Gasteiger partial charge in [-0.2, -0.15) is 22.5 Å². The number of rotatable bonds is 3. The van der Waals surface area contributed by atoms with E-state index in [1.807, 2.05) is 0 Å². The molecular formula is C12H14F3NO3S. The number of hydrogen-bond acceptors (Lipinski definition) is 3. The molecule has 112 valence electrons. The first-order valence-corrected chi connectivity index (χ1v) is 6.67. The van der Waals surface area contributed by atoms with E-state index >= 15 is 0 Å². The standard InChI is InChI=1S/C12H14F3NO3S/c1-11(2,3)16(19-20(18)12(13,14)15)10(17)9-7-5-4-6-8-9/h4-8H,1-3H3. The van der Waals surface area contributed by atoms with Crippen LogP contribution in [-0.4, -0.2) is 26.2 Å². The van der Waals surface area contributed by atoms with Gasteiger partial charge >= 0.3 is 5.51 Å². The molecule has 0 bridgehead atoms. The summed E-state index contributed by atoms with van der Waals surface area (Å²) < 4.78 is 52.3. The van der Waals surface area contributed by atoms with Crippen LogP contribution in [0.2, 0.25) is 0 Å². The molecule has 1 aromatic carbocycles. The van der Waals surface area contributed by atoms with Gasteiger partial charge in [-0.3, -0.25) is 4.79 Å². The van der Waals surface area contributed by atoms with Gasteiger partial charge in [-0.15, -0.1) is 0 Å². The van der Waals surface area contributed by atoms with Crippen molar-refractivity contribution in [3.63, 3.8) is 0 Å². The Labute approximate surface area is 117 Å². The van der Waals surface area contributed by atoms with E-state index in [1.54, 1.807) is 18.2 Å². The van der Waals surface area contributed by atoms with Gasteiger partial charge in [0.1, 0.15) is 0 Å². The van der Waals surface area contributed by atoms with Gasteiger partial charge in [0.25, 0.3) is 17.0 Å². The van der Waals surface area contributed by atoms with E-state index < -0.39 is 28.0 Å². The second-order valence-electron chi connectivity index (χ2n) is 4.89. The number of benzene rings is 1. The molecule has 0 radical (unpaired) electrons. The Hall–Kier alpha value is -1.41. The quantitative estimate of drug-likeness (QED) is 0.806. The highest BCUT2D eigenvalue weighted by molar-refractivity contribution is 7.81. The summed E-state index contributed by atoms with van der Waals surface area (Å²) >= 11 is -3.60. The third-order valence-electron chi connectivity index (χ3n) is 2.15. The highest BCUT2D eigenvalue weighted by Gasteiger charge is 2.43. The Morgan fingerprint density at radius 3 is 2.05 bits per heavy atom. The molecule has 1 aromatic rings. The van der Waals surface area contributed by atoms with Gasteiger partial charge in [0.15, 0.2) is 0 Å². The fraction of sp³-hybridized carbons (Fsp3) is 0.417. The number of carbonyl (C=O) groups is 1. The van der Waals surface area contributed by atoms with Gasteiger partial charge in [-0.05, 0) is 32.9 Å². The van der Waals surface area contributed by atoms with Crippen LogP contribution in [0.1, 0.15) is 31.1 Å². The van der Waals surface area contributed by atoms with Crippen molar-refractivity contribution in [3.05, 3.63) is 35.9 Å². The number of halogens is 3. The first kappa shape index (κ1) is 16.6. The molecule has 0 N–H and O–H groups in total. The second kappa shape index (κ2) is 5.92. The zero-order valence-electron chi connectivity index (χ0n) is 11.1. The molecule has 1 unspecified atom stereocenters. The lowest BCUT2D eigenvalue weighted by Crippen LogP contribution is -2.47. The summed E-state index contributed by atoms with van der Waals surface area (Å²) in [4.78, 5) is 12.2. The SMILES string of the molecule is CC(C)(C)N(OS(=O)C(F)(F)F)C(=O)c1ccccc1. The van der Waals surface area contributed by atoms with Gasteiger partial charge < -0.3 is 0 Å².